The predicted molar refractivity (Wildman–Crippen MR) is 61.4 cm³/mol. The van der Waals surface area contributed by atoms with Crippen molar-refractivity contribution in [3.05, 3.63) is 34.9 Å². The van der Waals surface area contributed by atoms with Gasteiger partial charge in [-0.2, -0.15) is 0 Å². The first-order valence-corrected chi connectivity index (χ1v) is 5.21. The predicted octanol–water partition coefficient (Wildman–Crippen LogP) is 2.51. The highest BCUT2D eigenvalue weighted by molar-refractivity contribution is 6.30. The molecule has 1 aromatic carbocycles. The molecule has 4 nitrogen and oxygen atoms in total. The molecule has 1 amide bonds. The van der Waals surface area contributed by atoms with Gasteiger partial charge in [-0.05, 0) is 17.7 Å². The lowest BCUT2D eigenvalue weighted by molar-refractivity contribution is 0.0702. The number of ether oxygens (including phenoxy) is 2. The van der Waals surface area contributed by atoms with Crippen LogP contribution in [-0.2, 0) is 9.47 Å². The van der Waals surface area contributed by atoms with Crippen molar-refractivity contribution in [3.63, 3.8) is 0 Å². The third kappa shape index (κ3) is 4.08. The van der Waals surface area contributed by atoms with E-state index in [1.54, 1.807) is 19.2 Å². The molecule has 0 unspecified atom stereocenters. The topological polar surface area (TPSA) is 61.6 Å². The molecule has 16 heavy (non-hydrogen) atoms. The molecule has 0 saturated heterocycles. The van der Waals surface area contributed by atoms with Gasteiger partial charge in [0.2, 0.25) is 0 Å². The molecule has 0 heterocycles. The van der Waals surface area contributed by atoms with E-state index in [4.69, 9.17) is 22.1 Å². The maximum absolute atomic E-state index is 10.4. The Morgan fingerprint density at radius 2 is 2.06 bits per heavy atom. The van der Waals surface area contributed by atoms with E-state index in [-0.39, 0.29) is 12.7 Å². The van der Waals surface area contributed by atoms with Crippen molar-refractivity contribution in [1.82, 2.24) is 0 Å². The summed E-state index contributed by atoms with van der Waals surface area (Å²) in [6, 6.07) is 7.33. The minimum atomic E-state index is -0.772. The van der Waals surface area contributed by atoms with Crippen LogP contribution in [0.25, 0.3) is 0 Å². The highest BCUT2D eigenvalue weighted by Gasteiger charge is 2.10. The van der Waals surface area contributed by atoms with Gasteiger partial charge in [-0.3, -0.25) is 0 Å². The molecule has 88 valence electrons. The van der Waals surface area contributed by atoms with Crippen molar-refractivity contribution in [2.24, 2.45) is 5.73 Å². The second-order valence-electron chi connectivity index (χ2n) is 3.23. The summed E-state index contributed by atoms with van der Waals surface area (Å²) in [5.74, 6) is 0. The molecule has 0 aliphatic rings. The minimum Gasteiger partial charge on any atom is -0.450 e. The second-order valence-corrected chi connectivity index (χ2v) is 3.67. The number of carbonyl (C=O) groups is 1. The Labute approximate surface area is 99.3 Å². The lowest BCUT2D eigenvalue weighted by Crippen LogP contribution is -2.15. The molecule has 1 aromatic rings. The summed E-state index contributed by atoms with van der Waals surface area (Å²) in [6.07, 6.45) is -0.344. The van der Waals surface area contributed by atoms with E-state index in [0.29, 0.717) is 11.4 Å². The van der Waals surface area contributed by atoms with E-state index >= 15 is 0 Å². The molecule has 0 aliphatic carbocycles. The Bertz CT molecular complexity index is 340. The number of primary amides is 1. The molecule has 0 bridgehead atoms. The first kappa shape index (κ1) is 12.8. The zero-order valence-corrected chi connectivity index (χ0v) is 9.74. The van der Waals surface area contributed by atoms with Gasteiger partial charge in [-0.1, -0.05) is 23.7 Å². The highest BCUT2D eigenvalue weighted by Crippen LogP contribution is 2.22. The van der Waals surface area contributed by atoms with E-state index in [1.807, 2.05) is 12.1 Å². The number of hydrogen-bond acceptors (Lipinski definition) is 3. The SMILES string of the molecule is CO[C@@H](CCOC(N)=O)c1ccc(Cl)cc1. The van der Waals surface area contributed by atoms with Gasteiger partial charge < -0.3 is 15.2 Å². The van der Waals surface area contributed by atoms with E-state index in [1.165, 1.54) is 0 Å². The van der Waals surface area contributed by atoms with Crippen LogP contribution in [-0.4, -0.2) is 19.8 Å². The Balaban J connectivity index is 2.53. The Hall–Kier alpha value is -1.26. The second kappa shape index (κ2) is 6.35. The van der Waals surface area contributed by atoms with E-state index in [9.17, 15) is 4.79 Å². The zero-order chi connectivity index (χ0) is 12.0. The molecular formula is C11H14ClNO3. The van der Waals surface area contributed by atoms with E-state index in [0.717, 1.165) is 5.56 Å². The molecule has 0 aromatic heterocycles. The van der Waals surface area contributed by atoms with Gasteiger partial charge in [0, 0.05) is 18.6 Å². The quantitative estimate of drug-likeness (QED) is 0.864. The first-order valence-electron chi connectivity index (χ1n) is 4.84. The van der Waals surface area contributed by atoms with Crippen LogP contribution in [0.1, 0.15) is 18.1 Å². The largest absolute Gasteiger partial charge is 0.450 e. The van der Waals surface area contributed by atoms with Crippen molar-refractivity contribution < 1.29 is 14.3 Å². The van der Waals surface area contributed by atoms with Crippen LogP contribution < -0.4 is 5.73 Å². The highest BCUT2D eigenvalue weighted by atomic mass is 35.5. The van der Waals surface area contributed by atoms with Crippen LogP contribution in [0.5, 0.6) is 0 Å². The molecular weight excluding hydrogens is 230 g/mol. The fourth-order valence-electron chi connectivity index (χ4n) is 1.36. The lowest BCUT2D eigenvalue weighted by Gasteiger charge is -2.15. The van der Waals surface area contributed by atoms with Crippen LogP contribution in [0.15, 0.2) is 24.3 Å². The maximum Gasteiger partial charge on any atom is 0.404 e. The monoisotopic (exact) mass is 243 g/mol. The van der Waals surface area contributed by atoms with Gasteiger partial charge >= 0.3 is 6.09 Å². The minimum absolute atomic E-state index is 0.128. The van der Waals surface area contributed by atoms with Gasteiger partial charge in [0.1, 0.15) is 0 Å². The molecule has 0 aliphatic heterocycles. The maximum atomic E-state index is 10.4. The first-order chi connectivity index (χ1) is 7.63. The van der Waals surface area contributed by atoms with Crippen molar-refractivity contribution in [1.29, 1.82) is 0 Å². The van der Waals surface area contributed by atoms with Gasteiger partial charge in [0.05, 0.1) is 12.7 Å². The fraction of sp³-hybridized carbons (Fsp3) is 0.364. The van der Waals surface area contributed by atoms with Crippen molar-refractivity contribution in [2.45, 2.75) is 12.5 Å². The number of hydrogen-bond donors (Lipinski definition) is 1. The third-order valence-electron chi connectivity index (χ3n) is 2.15. The van der Waals surface area contributed by atoms with Crippen molar-refractivity contribution in [2.75, 3.05) is 13.7 Å². The van der Waals surface area contributed by atoms with Crippen LogP contribution in [0.2, 0.25) is 5.02 Å². The van der Waals surface area contributed by atoms with Gasteiger partial charge in [-0.15, -0.1) is 0 Å². The number of methoxy groups -OCH3 is 1. The third-order valence-corrected chi connectivity index (χ3v) is 2.40. The lowest BCUT2D eigenvalue weighted by atomic mass is 10.1. The van der Waals surface area contributed by atoms with E-state index in [2.05, 4.69) is 4.74 Å². The standard InChI is InChI=1S/C11H14ClNO3/c1-15-10(6-7-16-11(13)14)8-2-4-9(12)5-3-8/h2-5,10H,6-7H2,1H3,(H2,13,14)/t10-/m0/s1. The molecule has 2 N–H and O–H groups in total. The normalized spacial score (nSPS) is 12.1. The fourth-order valence-corrected chi connectivity index (χ4v) is 1.49. The number of carbonyl (C=O) groups excluding carboxylic acids is 1. The van der Waals surface area contributed by atoms with Crippen LogP contribution in [0.3, 0.4) is 0 Å². The molecule has 1 rings (SSSR count). The van der Waals surface area contributed by atoms with Gasteiger partial charge in [0.25, 0.3) is 0 Å². The van der Waals surface area contributed by atoms with Gasteiger partial charge in [-0.25, -0.2) is 4.79 Å². The zero-order valence-electron chi connectivity index (χ0n) is 8.98. The summed E-state index contributed by atoms with van der Waals surface area (Å²) in [4.78, 5) is 10.4. The Morgan fingerprint density at radius 1 is 1.44 bits per heavy atom. The van der Waals surface area contributed by atoms with Crippen molar-refractivity contribution in [3.8, 4) is 0 Å². The number of amides is 1. The molecule has 0 radical (unpaired) electrons. The number of rotatable bonds is 5. The number of benzene rings is 1. The number of halogens is 1. The number of nitrogens with two attached hydrogens (primary N) is 1. The smallest absolute Gasteiger partial charge is 0.404 e. The Kier molecular flexibility index (Phi) is 5.08. The molecule has 0 saturated carbocycles. The molecule has 0 spiro atoms. The van der Waals surface area contributed by atoms with Crippen LogP contribution in [0, 0.1) is 0 Å². The Morgan fingerprint density at radius 3 is 2.56 bits per heavy atom. The average Bonchev–Trinajstić information content (AvgIpc) is 2.26. The summed E-state index contributed by atoms with van der Waals surface area (Å²) in [5.41, 5.74) is 5.85. The van der Waals surface area contributed by atoms with Crippen molar-refractivity contribution >= 4 is 17.7 Å². The van der Waals surface area contributed by atoms with Gasteiger partial charge in [0.15, 0.2) is 0 Å². The molecule has 0 fully saturated rings. The summed E-state index contributed by atoms with van der Waals surface area (Å²) in [6.45, 7) is 0.233. The molecule has 5 heteroatoms. The summed E-state index contributed by atoms with van der Waals surface area (Å²) in [5, 5.41) is 0.673. The van der Waals surface area contributed by atoms with Crippen LogP contribution in [0.4, 0.5) is 4.79 Å². The summed E-state index contributed by atoms with van der Waals surface area (Å²) < 4.78 is 9.94. The summed E-state index contributed by atoms with van der Waals surface area (Å²) in [7, 11) is 1.60. The average molecular weight is 244 g/mol. The summed E-state index contributed by atoms with van der Waals surface area (Å²) >= 11 is 5.78. The van der Waals surface area contributed by atoms with E-state index < -0.39 is 6.09 Å². The van der Waals surface area contributed by atoms with Crippen LogP contribution >= 0.6 is 11.6 Å². The molecule has 1 atom stereocenters.